The number of rotatable bonds is 1. The van der Waals surface area contributed by atoms with Crippen LogP contribution in [-0.4, -0.2) is 6.04 Å². The third-order valence-corrected chi connectivity index (χ3v) is 3.16. The molecule has 2 aromatic rings. The monoisotopic (exact) mass is 243 g/mol. The smallest absolute Gasteiger partial charge is 0.144 e. The molecule has 2 nitrogen and oxygen atoms in total. The maximum Gasteiger partial charge on any atom is 0.144 e. The van der Waals surface area contributed by atoms with Crippen molar-refractivity contribution < 1.29 is 9.13 Å². The van der Waals surface area contributed by atoms with Crippen molar-refractivity contribution in [2.24, 2.45) is 0 Å². The molecule has 0 amide bonds. The first-order valence-corrected chi connectivity index (χ1v) is 6.02. The molecule has 2 atom stereocenters. The Morgan fingerprint density at radius 3 is 2.67 bits per heavy atom. The lowest BCUT2D eigenvalue weighted by molar-refractivity contribution is 0.177. The number of benzene rings is 2. The standard InChI is InChI=1S/C15H14FNO/c1-10-15(11-5-3-2-4-6-11)18-14-8-7-12(16)9-13(14)17-10/h2-10,15,17H,1H3. The van der Waals surface area contributed by atoms with Crippen LogP contribution in [-0.2, 0) is 0 Å². The lowest BCUT2D eigenvalue weighted by Gasteiger charge is -2.33. The van der Waals surface area contributed by atoms with E-state index in [1.54, 1.807) is 6.07 Å². The molecule has 1 heterocycles. The molecule has 0 saturated heterocycles. The van der Waals surface area contributed by atoms with Crippen molar-refractivity contribution in [3.63, 3.8) is 0 Å². The molecule has 0 aromatic heterocycles. The van der Waals surface area contributed by atoms with Crippen LogP contribution in [0.4, 0.5) is 10.1 Å². The molecule has 0 bridgehead atoms. The second-order valence-electron chi connectivity index (χ2n) is 4.52. The molecule has 2 unspecified atom stereocenters. The SMILES string of the molecule is CC1Nc2cc(F)ccc2OC1c1ccccc1. The molecule has 0 radical (unpaired) electrons. The van der Waals surface area contributed by atoms with Gasteiger partial charge in [-0.15, -0.1) is 0 Å². The second kappa shape index (κ2) is 4.33. The average molecular weight is 243 g/mol. The molecule has 2 aromatic carbocycles. The van der Waals surface area contributed by atoms with Crippen LogP contribution in [0.2, 0.25) is 0 Å². The number of fused-ring (bicyclic) bond motifs is 1. The third kappa shape index (κ3) is 1.92. The fourth-order valence-electron chi connectivity index (χ4n) is 2.28. The van der Waals surface area contributed by atoms with Crippen LogP contribution in [0.1, 0.15) is 18.6 Å². The highest BCUT2D eigenvalue weighted by Crippen LogP contribution is 2.37. The van der Waals surface area contributed by atoms with Gasteiger partial charge in [-0.3, -0.25) is 0 Å². The highest BCUT2D eigenvalue weighted by Gasteiger charge is 2.27. The zero-order valence-corrected chi connectivity index (χ0v) is 10.1. The summed E-state index contributed by atoms with van der Waals surface area (Å²) in [5.41, 5.74) is 1.84. The Morgan fingerprint density at radius 1 is 1.11 bits per heavy atom. The minimum Gasteiger partial charge on any atom is -0.481 e. The predicted octanol–water partition coefficient (Wildman–Crippen LogP) is 3.76. The quantitative estimate of drug-likeness (QED) is 0.823. The molecule has 1 aliphatic rings. The van der Waals surface area contributed by atoms with Crippen LogP contribution >= 0.6 is 0 Å². The Balaban J connectivity index is 1.95. The summed E-state index contributed by atoms with van der Waals surface area (Å²) in [6, 6.07) is 14.7. The number of nitrogens with one attached hydrogen (secondary N) is 1. The molecule has 0 spiro atoms. The van der Waals surface area contributed by atoms with Gasteiger partial charge in [0, 0.05) is 6.07 Å². The number of anilines is 1. The Hall–Kier alpha value is -2.03. The van der Waals surface area contributed by atoms with E-state index in [0.29, 0.717) is 5.75 Å². The van der Waals surface area contributed by atoms with E-state index in [9.17, 15) is 4.39 Å². The summed E-state index contributed by atoms with van der Waals surface area (Å²) < 4.78 is 19.1. The number of ether oxygens (including phenoxy) is 1. The lowest BCUT2D eigenvalue weighted by atomic mass is 10.0. The molecule has 0 saturated carbocycles. The second-order valence-corrected chi connectivity index (χ2v) is 4.52. The van der Waals surface area contributed by atoms with Crippen molar-refractivity contribution in [1.82, 2.24) is 0 Å². The van der Waals surface area contributed by atoms with Crippen molar-refractivity contribution in [3.05, 3.63) is 59.9 Å². The first-order chi connectivity index (χ1) is 8.74. The van der Waals surface area contributed by atoms with E-state index in [2.05, 4.69) is 5.32 Å². The molecule has 3 heteroatoms. The zero-order chi connectivity index (χ0) is 12.5. The molecular weight excluding hydrogens is 229 g/mol. The molecule has 0 aliphatic carbocycles. The lowest BCUT2D eigenvalue weighted by Crippen LogP contribution is -2.32. The van der Waals surface area contributed by atoms with E-state index in [-0.39, 0.29) is 18.0 Å². The first-order valence-electron chi connectivity index (χ1n) is 6.02. The minimum atomic E-state index is -0.254. The van der Waals surface area contributed by atoms with Crippen LogP contribution in [0.3, 0.4) is 0 Å². The van der Waals surface area contributed by atoms with Gasteiger partial charge in [-0.25, -0.2) is 4.39 Å². The van der Waals surface area contributed by atoms with Crippen LogP contribution < -0.4 is 10.1 Å². The average Bonchev–Trinajstić information content (AvgIpc) is 2.39. The Labute approximate surface area is 105 Å². The number of hydrogen-bond acceptors (Lipinski definition) is 2. The van der Waals surface area contributed by atoms with E-state index in [4.69, 9.17) is 4.74 Å². The van der Waals surface area contributed by atoms with E-state index >= 15 is 0 Å². The van der Waals surface area contributed by atoms with E-state index < -0.39 is 0 Å². The maximum atomic E-state index is 13.1. The molecule has 92 valence electrons. The fraction of sp³-hybridized carbons (Fsp3) is 0.200. The minimum absolute atomic E-state index is 0.0517. The van der Waals surface area contributed by atoms with E-state index in [0.717, 1.165) is 11.3 Å². The molecule has 3 rings (SSSR count). The van der Waals surface area contributed by atoms with Crippen LogP contribution in [0.5, 0.6) is 5.75 Å². The Bertz CT molecular complexity index is 556. The van der Waals surface area contributed by atoms with Crippen LogP contribution in [0, 0.1) is 5.82 Å². The van der Waals surface area contributed by atoms with Gasteiger partial charge in [0.15, 0.2) is 0 Å². The van der Waals surface area contributed by atoms with E-state index in [1.807, 2.05) is 37.3 Å². The summed E-state index contributed by atoms with van der Waals surface area (Å²) in [7, 11) is 0. The highest BCUT2D eigenvalue weighted by molar-refractivity contribution is 5.59. The Morgan fingerprint density at radius 2 is 1.89 bits per heavy atom. The van der Waals surface area contributed by atoms with E-state index in [1.165, 1.54) is 12.1 Å². The van der Waals surface area contributed by atoms with Crippen molar-refractivity contribution in [2.45, 2.75) is 19.1 Å². The van der Waals surface area contributed by atoms with Crippen molar-refractivity contribution in [1.29, 1.82) is 0 Å². The van der Waals surface area contributed by atoms with Crippen molar-refractivity contribution in [3.8, 4) is 5.75 Å². The highest BCUT2D eigenvalue weighted by atomic mass is 19.1. The predicted molar refractivity (Wildman–Crippen MR) is 69.3 cm³/mol. The number of halogens is 1. The summed E-state index contributed by atoms with van der Waals surface area (Å²) in [6.45, 7) is 2.03. The van der Waals surface area contributed by atoms with Gasteiger partial charge in [0.05, 0.1) is 11.7 Å². The largest absolute Gasteiger partial charge is 0.481 e. The maximum absolute atomic E-state index is 13.1. The molecule has 18 heavy (non-hydrogen) atoms. The van der Waals surface area contributed by atoms with Gasteiger partial charge in [0.2, 0.25) is 0 Å². The van der Waals surface area contributed by atoms with Gasteiger partial charge in [0.1, 0.15) is 17.7 Å². The zero-order valence-electron chi connectivity index (χ0n) is 10.1. The normalized spacial score (nSPS) is 21.7. The van der Waals surface area contributed by atoms with Crippen LogP contribution in [0.15, 0.2) is 48.5 Å². The van der Waals surface area contributed by atoms with Crippen molar-refractivity contribution in [2.75, 3.05) is 5.32 Å². The van der Waals surface area contributed by atoms with Gasteiger partial charge in [-0.1, -0.05) is 30.3 Å². The molecule has 1 N–H and O–H groups in total. The summed E-state index contributed by atoms with van der Waals surface area (Å²) in [4.78, 5) is 0. The van der Waals surface area contributed by atoms with Gasteiger partial charge in [-0.05, 0) is 24.6 Å². The molecule has 1 aliphatic heterocycles. The van der Waals surface area contributed by atoms with Crippen LogP contribution in [0.25, 0.3) is 0 Å². The first kappa shape index (κ1) is 11.1. The topological polar surface area (TPSA) is 21.3 Å². The number of hydrogen-bond donors (Lipinski definition) is 1. The summed E-state index contributed by atoms with van der Waals surface area (Å²) in [6.07, 6.45) is -0.0517. The van der Waals surface area contributed by atoms with Gasteiger partial charge < -0.3 is 10.1 Å². The summed E-state index contributed by atoms with van der Waals surface area (Å²) >= 11 is 0. The summed E-state index contributed by atoms with van der Waals surface area (Å²) in [5.74, 6) is 0.443. The van der Waals surface area contributed by atoms with Gasteiger partial charge in [0.25, 0.3) is 0 Å². The van der Waals surface area contributed by atoms with Gasteiger partial charge >= 0.3 is 0 Å². The Kier molecular flexibility index (Phi) is 2.67. The fourth-order valence-corrected chi connectivity index (χ4v) is 2.28. The molecular formula is C15H14FNO. The van der Waals surface area contributed by atoms with Gasteiger partial charge in [-0.2, -0.15) is 0 Å². The third-order valence-electron chi connectivity index (χ3n) is 3.16. The molecule has 0 fully saturated rings. The summed E-state index contributed by atoms with van der Waals surface area (Å²) in [5, 5.41) is 3.28. The van der Waals surface area contributed by atoms with Crippen molar-refractivity contribution >= 4 is 5.69 Å².